The van der Waals surface area contributed by atoms with E-state index < -0.39 is 16.3 Å². The first-order valence-corrected chi connectivity index (χ1v) is 5.53. The number of aromatic nitrogens is 1. The molecule has 0 atom stereocenters. The van der Waals surface area contributed by atoms with E-state index >= 15 is 0 Å². The maximum absolute atomic E-state index is 13.7. The van der Waals surface area contributed by atoms with Gasteiger partial charge in [0.15, 0.2) is 5.82 Å². The van der Waals surface area contributed by atoms with E-state index in [1.807, 2.05) is 6.92 Å². The minimum absolute atomic E-state index is 0.119. The molecule has 18 heavy (non-hydrogen) atoms. The number of non-ortho nitro benzene ring substituents is 1. The highest BCUT2D eigenvalue weighted by molar-refractivity contribution is 5.84. The highest BCUT2D eigenvalue weighted by Crippen LogP contribution is 2.23. The van der Waals surface area contributed by atoms with Gasteiger partial charge in [-0.25, -0.2) is 4.39 Å². The Labute approximate surface area is 101 Å². The summed E-state index contributed by atoms with van der Waals surface area (Å²) < 4.78 is 13.7. The van der Waals surface area contributed by atoms with Gasteiger partial charge in [-0.1, -0.05) is 13.3 Å². The van der Waals surface area contributed by atoms with Gasteiger partial charge in [0.25, 0.3) is 11.2 Å². The highest BCUT2D eigenvalue weighted by atomic mass is 19.1. The van der Waals surface area contributed by atoms with Gasteiger partial charge in [-0.2, -0.15) is 0 Å². The third-order valence-corrected chi connectivity index (χ3v) is 2.75. The highest BCUT2D eigenvalue weighted by Gasteiger charge is 2.14. The van der Waals surface area contributed by atoms with E-state index in [2.05, 4.69) is 4.98 Å². The smallest absolute Gasteiger partial charge is 0.284 e. The topological polar surface area (TPSA) is 76.0 Å². The Morgan fingerprint density at radius 2 is 2.17 bits per heavy atom. The molecule has 0 radical (unpaired) electrons. The summed E-state index contributed by atoms with van der Waals surface area (Å²) in [7, 11) is 0. The second-order valence-electron chi connectivity index (χ2n) is 3.98. The number of halogens is 1. The van der Waals surface area contributed by atoms with E-state index in [1.54, 1.807) is 0 Å². The molecule has 0 aliphatic heterocycles. The van der Waals surface area contributed by atoms with Gasteiger partial charge in [-0.3, -0.25) is 14.9 Å². The van der Waals surface area contributed by atoms with Crippen LogP contribution in [0.2, 0.25) is 0 Å². The van der Waals surface area contributed by atoms with Crippen LogP contribution in [0.3, 0.4) is 0 Å². The molecule has 0 bridgehead atoms. The van der Waals surface area contributed by atoms with Crippen LogP contribution >= 0.6 is 0 Å². The third kappa shape index (κ3) is 1.97. The Bertz CT molecular complexity index is 679. The fraction of sp³-hybridized carbons (Fsp3) is 0.250. The number of nitrogens with zero attached hydrogens (tertiary/aromatic N) is 1. The van der Waals surface area contributed by atoms with Crippen LogP contribution in [0.4, 0.5) is 10.1 Å². The number of hydrogen-bond acceptors (Lipinski definition) is 3. The largest absolute Gasteiger partial charge is 0.319 e. The van der Waals surface area contributed by atoms with Crippen molar-refractivity contribution >= 4 is 16.6 Å². The Morgan fingerprint density at radius 1 is 1.44 bits per heavy atom. The van der Waals surface area contributed by atoms with Crippen LogP contribution < -0.4 is 5.56 Å². The van der Waals surface area contributed by atoms with Crippen LogP contribution in [-0.4, -0.2) is 9.91 Å². The van der Waals surface area contributed by atoms with E-state index in [1.165, 1.54) is 18.2 Å². The standard InChI is InChI=1S/C12H11FN2O3/c1-2-3-8-9-6-7(15(17)18)4-5-10(9)14-12(16)11(8)13/h4-6H,2-3H2,1H3,(H,14,16). The number of hydrogen-bond donors (Lipinski definition) is 1. The number of aryl methyl sites for hydroxylation is 1. The lowest BCUT2D eigenvalue weighted by atomic mass is 10.0. The predicted molar refractivity (Wildman–Crippen MR) is 65.2 cm³/mol. The number of fused-ring (bicyclic) bond motifs is 1. The fourth-order valence-corrected chi connectivity index (χ4v) is 1.93. The molecule has 5 nitrogen and oxygen atoms in total. The first kappa shape index (κ1) is 12.2. The minimum Gasteiger partial charge on any atom is -0.319 e. The van der Waals surface area contributed by atoms with Crippen LogP contribution in [-0.2, 0) is 6.42 Å². The molecule has 6 heteroatoms. The van der Waals surface area contributed by atoms with E-state index in [4.69, 9.17) is 0 Å². The molecule has 0 saturated heterocycles. The molecule has 2 aromatic rings. The van der Waals surface area contributed by atoms with Gasteiger partial charge < -0.3 is 4.98 Å². The lowest BCUT2D eigenvalue weighted by molar-refractivity contribution is -0.384. The van der Waals surface area contributed by atoms with E-state index in [9.17, 15) is 19.3 Å². The molecule has 0 aliphatic carbocycles. The molecule has 1 aromatic heterocycles. The van der Waals surface area contributed by atoms with Crippen molar-refractivity contribution in [2.75, 3.05) is 0 Å². The van der Waals surface area contributed by atoms with Crippen molar-refractivity contribution in [3.8, 4) is 0 Å². The summed E-state index contributed by atoms with van der Waals surface area (Å²) >= 11 is 0. The summed E-state index contributed by atoms with van der Waals surface area (Å²) in [6, 6.07) is 4.00. The zero-order valence-corrected chi connectivity index (χ0v) is 9.70. The van der Waals surface area contributed by atoms with E-state index in [-0.39, 0.29) is 11.3 Å². The monoisotopic (exact) mass is 250 g/mol. The van der Waals surface area contributed by atoms with Crippen LogP contribution in [0, 0.1) is 15.9 Å². The zero-order chi connectivity index (χ0) is 13.3. The van der Waals surface area contributed by atoms with Crippen molar-refractivity contribution in [2.45, 2.75) is 19.8 Å². The maximum Gasteiger partial charge on any atom is 0.284 e. The van der Waals surface area contributed by atoms with Gasteiger partial charge in [0, 0.05) is 28.6 Å². The molecular weight excluding hydrogens is 239 g/mol. The van der Waals surface area contributed by atoms with Gasteiger partial charge in [-0.15, -0.1) is 0 Å². The number of nitrogens with one attached hydrogen (secondary N) is 1. The van der Waals surface area contributed by atoms with E-state index in [0.29, 0.717) is 23.7 Å². The molecule has 94 valence electrons. The molecule has 0 saturated carbocycles. The molecule has 0 fully saturated rings. The van der Waals surface area contributed by atoms with Gasteiger partial charge in [0.2, 0.25) is 0 Å². The van der Waals surface area contributed by atoms with Crippen molar-refractivity contribution in [1.29, 1.82) is 0 Å². The SMILES string of the molecule is CCCc1c(F)c(=O)[nH]c2ccc([N+](=O)[O-])cc12. The average molecular weight is 250 g/mol. The van der Waals surface area contributed by atoms with Gasteiger partial charge >= 0.3 is 0 Å². The summed E-state index contributed by atoms with van der Waals surface area (Å²) in [5, 5.41) is 11.1. The zero-order valence-electron chi connectivity index (χ0n) is 9.70. The summed E-state index contributed by atoms with van der Waals surface area (Å²) in [6.07, 6.45) is 1.02. The number of pyridine rings is 1. The number of nitro benzene ring substituents is 1. The molecule has 1 heterocycles. The number of H-pyrrole nitrogens is 1. The Morgan fingerprint density at radius 3 is 2.78 bits per heavy atom. The summed E-state index contributed by atoms with van der Waals surface area (Å²) in [6.45, 7) is 1.85. The Balaban J connectivity index is 2.82. The third-order valence-electron chi connectivity index (χ3n) is 2.75. The van der Waals surface area contributed by atoms with Gasteiger partial charge in [0.1, 0.15) is 0 Å². The van der Waals surface area contributed by atoms with Crippen molar-refractivity contribution in [3.63, 3.8) is 0 Å². The van der Waals surface area contributed by atoms with Crippen molar-refractivity contribution in [3.05, 3.63) is 50.0 Å². The first-order valence-electron chi connectivity index (χ1n) is 5.53. The van der Waals surface area contributed by atoms with E-state index in [0.717, 1.165) is 0 Å². The number of rotatable bonds is 3. The molecule has 1 aromatic carbocycles. The summed E-state index contributed by atoms with van der Waals surface area (Å²) in [5.41, 5.74) is -0.262. The normalized spacial score (nSPS) is 10.8. The molecule has 1 N–H and O–H groups in total. The predicted octanol–water partition coefficient (Wildman–Crippen LogP) is 2.53. The minimum atomic E-state index is -0.857. The quantitative estimate of drug-likeness (QED) is 0.671. The van der Waals surface area contributed by atoms with Crippen molar-refractivity contribution in [1.82, 2.24) is 4.98 Å². The number of aromatic amines is 1. The molecule has 0 unspecified atom stereocenters. The molecule has 0 aliphatic rings. The Kier molecular flexibility index (Phi) is 3.10. The maximum atomic E-state index is 13.7. The van der Waals surface area contributed by atoms with Crippen LogP contribution in [0.15, 0.2) is 23.0 Å². The molecular formula is C12H11FN2O3. The van der Waals surface area contributed by atoms with Gasteiger partial charge in [-0.05, 0) is 12.5 Å². The van der Waals surface area contributed by atoms with Crippen LogP contribution in [0.1, 0.15) is 18.9 Å². The van der Waals surface area contributed by atoms with Crippen LogP contribution in [0.5, 0.6) is 0 Å². The summed E-state index contributed by atoms with van der Waals surface area (Å²) in [4.78, 5) is 23.9. The average Bonchev–Trinajstić information content (AvgIpc) is 2.34. The molecule has 2 rings (SSSR count). The lowest BCUT2D eigenvalue weighted by Crippen LogP contribution is -2.14. The number of nitro groups is 1. The van der Waals surface area contributed by atoms with Gasteiger partial charge in [0.05, 0.1) is 4.92 Å². The lowest BCUT2D eigenvalue weighted by Gasteiger charge is -2.06. The Hall–Kier alpha value is -2.24. The van der Waals surface area contributed by atoms with Crippen LogP contribution in [0.25, 0.3) is 10.9 Å². The second kappa shape index (κ2) is 4.56. The molecule has 0 amide bonds. The number of benzene rings is 1. The first-order chi connectivity index (χ1) is 8.54. The summed E-state index contributed by atoms with van der Waals surface area (Å²) in [5.74, 6) is -0.857. The van der Waals surface area contributed by atoms with Crippen molar-refractivity contribution in [2.24, 2.45) is 0 Å². The molecule has 0 spiro atoms. The second-order valence-corrected chi connectivity index (χ2v) is 3.98. The fourth-order valence-electron chi connectivity index (χ4n) is 1.93. The van der Waals surface area contributed by atoms with Crippen molar-refractivity contribution < 1.29 is 9.31 Å².